The molecule has 0 saturated carbocycles. The molecular formula is C19H33IN4O2S. The number of hydrogen-bond acceptors (Lipinski definition) is 5. The summed E-state index contributed by atoms with van der Waals surface area (Å²) < 4.78 is 5.36. The van der Waals surface area contributed by atoms with E-state index in [0.717, 1.165) is 51.1 Å². The standard InChI is InChI=1S/C19H32N4O2S.HI/c1-3-20-18(21-9-14-26-17-7-5-4-6-8-17)22-15-19(2,24)16-23-10-12-25-13-11-23;/h4-8,24H,3,9-16H2,1-2H3,(H2,20,21,22);1H. The van der Waals surface area contributed by atoms with Gasteiger partial charge in [-0.2, -0.15) is 0 Å². The fraction of sp³-hybridized carbons (Fsp3) is 0.632. The number of thioether (sulfide) groups is 1. The van der Waals surface area contributed by atoms with Gasteiger partial charge in [0.25, 0.3) is 0 Å². The van der Waals surface area contributed by atoms with Gasteiger partial charge in [0.2, 0.25) is 0 Å². The largest absolute Gasteiger partial charge is 0.387 e. The average molecular weight is 508 g/mol. The number of hydrogen-bond donors (Lipinski definition) is 3. The van der Waals surface area contributed by atoms with Crippen LogP contribution in [-0.2, 0) is 4.74 Å². The lowest BCUT2D eigenvalue weighted by Crippen LogP contribution is -2.48. The van der Waals surface area contributed by atoms with Gasteiger partial charge in [-0.05, 0) is 26.0 Å². The summed E-state index contributed by atoms with van der Waals surface area (Å²) in [6.07, 6.45) is 0. The number of nitrogens with zero attached hydrogens (tertiary/aromatic N) is 2. The second-order valence-electron chi connectivity index (χ2n) is 6.67. The van der Waals surface area contributed by atoms with Crippen LogP contribution in [0.3, 0.4) is 0 Å². The van der Waals surface area contributed by atoms with Gasteiger partial charge in [-0.25, -0.2) is 0 Å². The molecule has 1 aromatic carbocycles. The van der Waals surface area contributed by atoms with E-state index in [1.807, 2.05) is 31.7 Å². The van der Waals surface area contributed by atoms with Gasteiger partial charge in [0, 0.05) is 43.4 Å². The van der Waals surface area contributed by atoms with Crippen LogP contribution < -0.4 is 10.6 Å². The minimum Gasteiger partial charge on any atom is -0.387 e. The van der Waals surface area contributed by atoms with Crippen LogP contribution in [0.5, 0.6) is 0 Å². The maximum atomic E-state index is 10.7. The summed E-state index contributed by atoms with van der Waals surface area (Å²) in [4.78, 5) is 8.07. The Hall–Kier alpha value is -0.550. The molecule has 1 atom stereocenters. The summed E-state index contributed by atoms with van der Waals surface area (Å²) in [5, 5.41) is 17.2. The minimum absolute atomic E-state index is 0. The monoisotopic (exact) mass is 508 g/mol. The molecule has 0 bridgehead atoms. The molecule has 154 valence electrons. The van der Waals surface area contributed by atoms with Crippen molar-refractivity contribution in [2.45, 2.75) is 24.3 Å². The molecule has 6 nitrogen and oxygen atoms in total. The molecule has 1 heterocycles. The number of halogens is 1. The van der Waals surface area contributed by atoms with Gasteiger partial charge in [-0.15, -0.1) is 35.7 Å². The number of aliphatic hydroxyl groups is 1. The molecule has 27 heavy (non-hydrogen) atoms. The number of morpholine rings is 1. The van der Waals surface area contributed by atoms with Crippen molar-refractivity contribution < 1.29 is 9.84 Å². The first-order valence-electron chi connectivity index (χ1n) is 9.31. The van der Waals surface area contributed by atoms with Gasteiger partial charge in [-0.1, -0.05) is 18.2 Å². The molecule has 1 fully saturated rings. The van der Waals surface area contributed by atoms with E-state index in [1.54, 1.807) is 0 Å². The first kappa shape index (κ1) is 24.5. The topological polar surface area (TPSA) is 69.1 Å². The fourth-order valence-corrected chi connectivity index (χ4v) is 3.53. The number of nitrogens with one attached hydrogen (secondary N) is 2. The van der Waals surface area contributed by atoms with Crippen molar-refractivity contribution in [1.29, 1.82) is 0 Å². The lowest BCUT2D eigenvalue weighted by molar-refractivity contribution is -0.0179. The first-order chi connectivity index (χ1) is 12.6. The highest BCUT2D eigenvalue weighted by atomic mass is 127. The lowest BCUT2D eigenvalue weighted by atomic mass is 10.1. The third-order valence-electron chi connectivity index (χ3n) is 4.00. The zero-order valence-corrected chi connectivity index (χ0v) is 19.5. The van der Waals surface area contributed by atoms with Crippen LogP contribution in [0.15, 0.2) is 40.2 Å². The van der Waals surface area contributed by atoms with E-state index in [-0.39, 0.29) is 24.0 Å². The predicted molar refractivity (Wildman–Crippen MR) is 124 cm³/mol. The number of rotatable bonds is 9. The molecule has 0 amide bonds. The fourth-order valence-electron chi connectivity index (χ4n) is 2.74. The Morgan fingerprint density at radius 2 is 1.96 bits per heavy atom. The molecule has 1 unspecified atom stereocenters. The highest BCUT2D eigenvalue weighted by Crippen LogP contribution is 2.15. The van der Waals surface area contributed by atoms with Crippen molar-refractivity contribution in [3.63, 3.8) is 0 Å². The van der Waals surface area contributed by atoms with Gasteiger partial charge in [0.1, 0.15) is 0 Å². The van der Waals surface area contributed by atoms with E-state index in [0.29, 0.717) is 13.1 Å². The zero-order chi connectivity index (χ0) is 18.7. The Bertz CT molecular complexity index is 540. The first-order valence-corrected chi connectivity index (χ1v) is 10.3. The van der Waals surface area contributed by atoms with Crippen molar-refractivity contribution in [3.8, 4) is 0 Å². The number of guanidine groups is 1. The van der Waals surface area contributed by atoms with E-state index < -0.39 is 5.60 Å². The van der Waals surface area contributed by atoms with E-state index in [2.05, 4.69) is 44.8 Å². The van der Waals surface area contributed by atoms with Gasteiger partial charge in [0.15, 0.2) is 5.96 Å². The third kappa shape index (κ3) is 10.5. The molecule has 1 aliphatic heterocycles. The van der Waals surface area contributed by atoms with Crippen molar-refractivity contribution >= 4 is 41.7 Å². The molecule has 2 rings (SSSR count). The van der Waals surface area contributed by atoms with Crippen molar-refractivity contribution in [2.75, 3.05) is 58.2 Å². The zero-order valence-electron chi connectivity index (χ0n) is 16.3. The summed E-state index contributed by atoms with van der Waals surface area (Å²) in [6.45, 7) is 9.70. The highest BCUT2D eigenvalue weighted by molar-refractivity contribution is 14.0. The minimum atomic E-state index is -0.849. The molecule has 1 saturated heterocycles. The SMILES string of the molecule is CCNC(=NCC(C)(O)CN1CCOCC1)NCCSc1ccccc1.I. The molecule has 3 N–H and O–H groups in total. The average Bonchev–Trinajstić information content (AvgIpc) is 2.64. The Kier molecular flexibility index (Phi) is 12.3. The highest BCUT2D eigenvalue weighted by Gasteiger charge is 2.25. The number of ether oxygens (including phenoxy) is 1. The summed E-state index contributed by atoms with van der Waals surface area (Å²) in [5.74, 6) is 1.71. The molecule has 1 aliphatic rings. The van der Waals surface area contributed by atoms with Crippen LogP contribution in [-0.4, -0.2) is 79.8 Å². The van der Waals surface area contributed by atoms with Crippen LogP contribution >= 0.6 is 35.7 Å². The number of aliphatic imine (C=N–C) groups is 1. The van der Waals surface area contributed by atoms with Crippen LogP contribution in [0, 0.1) is 0 Å². The lowest BCUT2D eigenvalue weighted by Gasteiger charge is -2.33. The van der Waals surface area contributed by atoms with Gasteiger partial charge >= 0.3 is 0 Å². The number of β-amino-alcohol motifs (C(OH)–C–C–N with tert-alkyl or cyclic N) is 1. The predicted octanol–water partition coefficient (Wildman–Crippen LogP) is 2.04. The normalized spacial score (nSPS) is 17.7. The Labute approximate surface area is 184 Å². The van der Waals surface area contributed by atoms with Crippen LogP contribution in [0.2, 0.25) is 0 Å². The quantitative estimate of drug-likeness (QED) is 0.156. The van der Waals surface area contributed by atoms with E-state index in [9.17, 15) is 5.11 Å². The van der Waals surface area contributed by atoms with Crippen molar-refractivity contribution in [2.24, 2.45) is 4.99 Å². The van der Waals surface area contributed by atoms with Crippen molar-refractivity contribution in [1.82, 2.24) is 15.5 Å². The maximum absolute atomic E-state index is 10.7. The molecule has 8 heteroatoms. The third-order valence-corrected chi connectivity index (χ3v) is 5.01. The van der Waals surface area contributed by atoms with Crippen LogP contribution in [0.25, 0.3) is 0 Å². The molecule has 0 spiro atoms. The molecule has 0 aromatic heterocycles. The second-order valence-corrected chi connectivity index (χ2v) is 7.84. The smallest absolute Gasteiger partial charge is 0.191 e. The summed E-state index contributed by atoms with van der Waals surface area (Å²) in [5.41, 5.74) is -0.849. The van der Waals surface area contributed by atoms with Gasteiger partial charge < -0.3 is 20.5 Å². The second kappa shape index (κ2) is 13.6. The summed E-state index contributed by atoms with van der Waals surface area (Å²) in [6, 6.07) is 10.4. The molecule has 0 radical (unpaired) electrons. The van der Waals surface area contributed by atoms with Crippen molar-refractivity contribution in [3.05, 3.63) is 30.3 Å². The van der Waals surface area contributed by atoms with E-state index in [4.69, 9.17) is 4.74 Å². The molecular weight excluding hydrogens is 475 g/mol. The summed E-state index contributed by atoms with van der Waals surface area (Å²) >= 11 is 1.81. The van der Waals surface area contributed by atoms with Crippen LogP contribution in [0.1, 0.15) is 13.8 Å². The maximum Gasteiger partial charge on any atom is 0.191 e. The van der Waals surface area contributed by atoms with E-state index >= 15 is 0 Å². The Morgan fingerprint density at radius 1 is 1.26 bits per heavy atom. The Balaban J connectivity index is 0.00000364. The molecule has 0 aliphatic carbocycles. The van der Waals surface area contributed by atoms with Gasteiger partial charge in [-0.3, -0.25) is 9.89 Å². The Morgan fingerprint density at radius 3 is 2.63 bits per heavy atom. The summed E-state index contributed by atoms with van der Waals surface area (Å²) in [7, 11) is 0. The van der Waals surface area contributed by atoms with Gasteiger partial charge in [0.05, 0.1) is 25.4 Å². The van der Waals surface area contributed by atoms with E-state index in [1.165, 1.54) is 4.90 Å². The van der Waals surface area contributed by atoms with Crippen LogP contribution in [0.4, 0.5) is 0 Å². The molecule has 1 aromatic rings. The number of benzene rings is 1.